The van der Waals surface area contributed by atoms with Crippen LogP contribution >= 0.6 is 0 Å². The molecule has 0 amide bonds. The van der Waals surface area contributed by atoms with Crippen LogP contribution < -0.4 is 0 Å². The molecule has 3 aliphatic carbocycles. The first kappa shape index (κ1) is 15.6. The minimum Gasteiger partial charge on any atom is -0.259 e. The lowest BCUT2D eigenvalue weighted by molar-refractivity contribution is 0.371. The summed E-state index contributed by atoms with van der Waals surface area (Å²) in [6.45, 7) is 0. The zero-order valence-electron chi connectivity index (χ0n) is 14.4. The molecule has 0 aromatic heterocycles. The summed E-state index contributed by atoms with van der Waals surface area (Å²) < 4.78 is 0. The van der Waals surface area contributed by atoms with Gasteiger partial charge in [-0.05, 0) is 43.6 Å². The van der Waals surface area contributed by atoms with Gasteiger partial charge in [0.15, 0.2) is 0 Å². The minimum absolute atomic E-state index is 0.0579. The fourth-order valence-electron chi connectivity index (χ4n) is 4.99. The van der Waals surface area contributed by atoms with Crippen molar-refractivity contribution in [1.82, 2.24) is 0 Å². The van der Waals surface area contributed by atoms with E-state index in [1.165, 1.54) is 56.1 Å². The molecule has 4 rings (SSSR count). The number of hydrogen-bond donors (Lipinski definition) is 0. The van der Waals surface area contributed by atoms with Crippen LogP contribution in [0.25, 0.3) is 5.70 Å². The lowest BCUT2D eigenvalue weighted by Gasteiger charge is -2.35. The zero-order chi connectivity index (χ0) is 16.4. The standard InChI is InChI=1S/C22H26N2/c23-15-20-21(24-16-17-8-2-1-3-9-17)19-11-5-4-10-18(19)14-22(20)12-6-7-13-22/h4-5,10-11,16-17H,1-3,6-9,12-14H2. The maximum absolute atomic E-state index is 9.97. The van der Waals surface area contributed by atoms with Crippen molar-refractivity contribution < 1.29 is 0 Å². The number of aliphatic imine (C=N–C) groups is 1. The molecule has 124 valence electrons. The van der Waals surface area contributed by atoms with Crippen molar-refractivity contribution in [2.45, 2.75) is 64.2 Å². The largest absolute Gasteiger partial charge is 0.259 e. The average Bonchev–Trinajstić information content (AvgIpc) is 3.09. The molecule has 2 fully saturated rings. The molecule has 0 bridgehead atoms. The van der Waals surface area contributed by atoms with E-state index in [1.807, 2.05) is 0 Å². The molecule has 0 unspecified atom stereocenters. The van der Waals surface area contributed by atoms with Crippen LogP contribution in [0.2, 0.25) is 0 Å². The van der Waals surface area contributed by atoms with Gasteiger partial charge in [-0.25, -0.2) is 0 Å². The van der Waals surface area contributed by atoms with Crippen LogP contribution in [-0.2, 0) is 6.42 Å². The molecule has 2 heteroatoms. The molecule has 0 radical (unpaired) electrons. The van der Waals surface area contributed by atoms with Gasteiger partial charge in [0.25, 0.3) is 0 Å². The second-order valence-electron chi connectivity index (χ2n) is 7.83. The Morgan fingerprint density at radius 1 is 1.04 bits per heavy atom. The van der Waals surface area contributed by atoms with Crippen molar-refractivity contribution in [2.24, 2.45) is 16.3 Å². The van der Waals surface area contributed by atoms with Gasteiger partial charge in [0, 0.05) is 17.2 Å². The Kier molecular flexibility index (Phi) is 4.27. The molecule has 2 saturated carbocycles. The molecule has 1 aromatic rings. The Morgan fingerprint density at radius 2 is 1.79 bits per heavy atom. The summed E-state index contributed by atoms with van der Waals surface area (Å²) in [5, 5.41) is 9.97. The highest BCUT2D eigenvalue weighted by atomic mass is 14.8. The smallest absolute Gasteiger partial charge is 0.0976 e. The van der Waals surface area contributed by atoms with Crippen LogP contribution in [-0.4, -0.2) is 6.21 Å². The Labute approximate surface area is 145 Å². The molecule has 0 saturated heterocycles. The van der Waals surface area contributed by atoms with Crippen LogP contribution in [0, 0.1) is 22.7 Å². The van der Waals surface area contributed by atoms with Gasteiger partial charge >= 0.3 is 0 Å². The summed E-state index contributed by atoms with van der Waals surface area (Å²) >= 11 is 0. The second-order valence-corrected chi connectivity index (χ2v) is 7.83. The van der Waals surface area contributed by atoms with E-state index in [0.29, 0.717) is 5.92 Å². The van der Waals surface area contributed by atoms with E-state index in [4.69, 9.17) is 4.99 Å². The SMILES string of the molecule is N#CC1=C(N=CC2CCCCC2)c2ccccc2CC12CCCC2. The van der Waals surface area contributed by atoms with Crippen molar-refractivity contribution in [1.29, 1.82) is 5.26 Å². The molecule has 2 nitrogen and oxygen atoms in total. The van der Waals surface area contributed by atoms with E-state index < -0.39 is 0 Å². The summed E-state index contributed by atoms with van der Waals surface area (Å²) in [6.07, 6.45) is 14.5. The fraction of sp³-hybridized carbons (Fsp3) is 0.545. The number of nitrogens with zero attached hydrogens (tertiary/aromatic N) is 2. The third kappa shape index (κ3) is 2.71. The summed E-state index contributed by atoms with van der Waals surface area (Å²) in [7, 11) is 0. The van der Waals surface area contributed by atoms with Gasteiger partial charge in [0.1, 0.15) is 0 Å². The molecule has 1 spiro atoms. The first-order chi connectivity index (χ1) is 11.8. The average molecular weight is 318 g/mol. The van der Waals surface area contributed by atoms with Crippen molar-refractivity contribution >= 4 is 11.9 Å². The number of allylic oxidation sites excluding steroid dienone is 1. The van der Waals surface area contributed by atoms with Crippen molar-refractivity contribution in [3.8, 4) is 6.07 Å². The number of fused-ring (bicyclic) bond motifs is 1. The molecule has 3 aliphatic rings. The zero-order valence-corrected chi connectivity index (χ0v) is 14.4. The highest BCUT2D eigenvalue weighted by Crippen LogP contribution is 2.52. The van der Waals surface area contributed by atoms with E-state index in [9.17, 15) is 5.26 Å². The predicted octanol–water partition coefficient (Wildman–Crippen LogP) is 5.69. The topological polar surface area (TPSA) is 36.1 Å². The molecular weight excluding hydrogens is 292 g/mol. The molecular formula is C22H26N2. The molecule has 24 heavy (non-hydrogen) atoms. The van der Waals surface area contributed by atoms with Crippen LogP contribution in [0.4, 0.5) is 0 Å². The van der Waals surface area contributed by atoms with Gasteiger partial charge < -0.3 is 0 Å². The Morgan fingerprint density at radius 3 is 2.54 bits per heavy atom. The summed E-state index contributed by atoms with van der Waals surface area (Å²) in [4.78, 5) is 4.95. The van der Waals surface area contributed by atoms with Crippen LogP contribution in [0.1, 0.15) is 68.9 Å². The molecule has 0 heterocycles. The lowest BCUT2D eigenvalue weighted by atomic mass is 9.68. The normalized spacial score (nSPS) is 23.6. The van der Waals surface area contributed by atoms with Gasteiger partial charge in [-0.2, -0.15) is 5.26 Å². The second kappa shape index (κ2) is 6.55. The van der Waals surface area contributed by atoms with Gasteiger partial charge in [-0.15, -0.1) is 0 Å². The Bertz CT molecular complexity index is 708. The number of rotatable bonds is 2. The Balaban J connectivity index is 1.77. The molecule has 1 aromatic carbocycles. The van der Waals surface area contributed by atoms with Crippen LogP contribution in [0.15, 0.2) is 34.8 Å². The van der Waals surface area contributed by atoms with E-state index >= 15 is 0 Å². The minimum atomic E-state index is 0.0579. The van der Waals surface area contributed by atoms with E-state index in [2.05, 4.69) is 36.5 Å². The van der Waals surface area contributed by atoms with Crippen molar-refractivity contribution in [3.63, 3.8) is 0 Å². The number of nitriles is 1. The Hall–Kier alpha value is -1.88. The quantitative estimate of drug-likeness (QED) is 0.645. The highest BCUT2D eigenvalue weighted by Gasteiger charge is 2.43. The van der Waals surface area contributed by atoms with E-state index in [0.717, 1.165) is 30.5 Å². The number of hydrogen-bond acceptors (Lipinski definition) is 2. The van der Waals surface area contributed by atoms with Crippen LogP contribution in [0.3, 0.4) is 0 Å². The monoisotopic (exact) mass is 318 g/mol. The van der Waals surface area contributed by atoms with Gasteiger partial charge in [0.2, 0.25) is 0 Å². The summed E-state index contributed by atoms with van der Waals surface area (Å²) in [5.74, 6) is 0.597. The summed E-state index contributed by atoms with van der Waals surface area (Å²) in [5.41, 5.74) is 4.58. The van der Waals surface area contributed by atoms with E-state index in [-0.39, 0.29) is 5.41 Å². The first-order valence-electron chi connectivity index (χ1n) is 9.60. The van der Waals surface area contributed by atoms with Gasteiger partial charge in [-0.3, -0.25) is 4.99 Å². The lowest BCUT2D eigenvalue weighted by Crippen LogP contribution is -2.27. The van der Waals surface area contributed by atoms with Crippen LogP contribution in [0.5, 0.6) is 0 Å². The van der Waals surface area contributed by atoms with Gasteiger partial charge in [-0.1, -0.05) is 56.4 Å². The maximum atomic E-state index is 9.97. The molecule has 0 aliphatic heterocycles. The maximum Gasteiger partial charge on any atom is 0.0976 e. The third-order valence-electron chi connectivity index (χ3n) is 6.31. The van der Waals surface area contributed by atoms with E-state index in [1.54, 1.807) is 0 Å². The first-order valence-corrected chi connectivity index (χ1v) is 9.60. The van der Waals surface area contributed by atoms with Crippen molar-refractivity contribution in [2.75, 3.05) is 0 Å². The fourth-order valence-corrected chi connectivity index (χ4v) is 4.99. The van der Waals surface area contributed by atoms with Gasteiger partial charge in [0.05, 0.1) is 17.3 Å². The number of benzene rings is 1. The van der Waals surface area contributed by atoms with Crippen molar-refractivity contribution in [3.05, 3.63) is 41.0 Å². The molecule has 0 N–H and O–H groups in total. The molecule has 0 atom stereocenters. The third-order valence-corrected chi connectivity index (χ3v) is 6.31. The predicted molar refractivity (Wildman–Crippen MR) is 98.6 cm³/mol. The highest BCUT2D eigenvalue weighted by molar-refractivity contribution is 5.82. The summed E-state index contributed by atoms with van der Waals surface area (Å²) in [6, 6.07) is 11.2.